The quantitative estimate of drug-likeness (QED) is 0.693. The van der Waals surface area contributed by atoms with Crippen LogP contribution in [0, 0.1) is 0 Å². The summed E-state index contributed by atoms with van der Waals surface area (Å²) in [6.45, 7) is -0.915. The zero-order chi connectivity index (χ0) is 11.8. The molecule has 0 bridgehead atoms. The van der Waals surface area contributed by atoms with E-state index in [0.29, 0.717) is 0 Å². The van der Waals surface area contributed by atoms with Gasteiger partial charge in [-0.1, -0.05) is 0 Å². The Morgan fingerprint density at radius 2 is 2.44 bits per heavy atom. The predicted molar refractivity (Wildman–Crippen MR) is 51.9 cm³/mol. The van der Waals surface area contributed by atoms with Crippen LogP contribution >= 0.6 is 0 Å². The zero-order valence-corrected chi connectivity index (χ0v) is 8.35. The molecule has 1 aromatic heterocycles. The number of nitrogens with zero attached hydrogens (tertiary/aromatic N) is 1. The Bertz CT molecular complexity index is 497. The van der Waals surface area contributed by atoms with Gasteiger partial charge in [0.15, 0.2) is 5.67 Å². The van der Waals surface area contributed by atoms with Gasteiger partial charge in [-0.3, -0.25) is 14.3 Å². The van der Waals surface area contributed by atoms with Gasteiger partial charge in [-0.05, 0) is 0 Å². The van der Waals surface area contributed by atoms with E-state index < -0.39 is 29.8 Å². The SMILES string of the molecule is O=c1ccn([C@@H]2C[C@](F)(CO)CO2)c(=O)[nH]1. The molecular weight excluding hydrogens is 219 g/mol. The minimum Gasteiger partial charge on any atom is -0.393 e. The van der Waals surface area contributed by atoms with Gasteiger partial charge in [0.05, 0.1) is 13.2 Å². The molecule has 1 saturated heterocycles. The Morgan fingerprint density at radius 1 is 1.69 bits per heavy atom. The maximum Gasteiger partial charge on any atom is 0.330 e. The summed E-state index contributed by atoms with van der Waals surface area (Å²) >= 11 is 0. The van der Waals surface area contributed by atoms with Crippen molar-refractivity contribution in [3.63, 3.8) is 0 Å². The lowest BCUT2D eigenvalue weighted by molar-refractivity contribution is 0.0273. The second-order valence-corrected chi connectivity index (χ2v) is 3.80. The number of nitrogens with one attached hydrogen (secondary N) is 1. The van der Waals surface area contributed by atoms with E-state index in [1.54, 1.807) is 0 Å². The summed E-state index contributed by atoms with van der Waals surface area (Å²) in [5.41, 5.74) is -2.99. The van der Waals surface area contributed by atoms with E-state index in [1.165, 1.54) is 6.20 Å². The van der Waals surface area contributed by atoms with Crippen molar-refractivity contribution in [3.05, 3.63) is 33.1 Å². The molecule has 0 aliphatic carbocycles. The lowest BCUT2D eigenvalue weighted by Crippen LogP contribution is -2.32. The molecule has 0 spiro atoms. The number of hydrogen-bond donors (Lipinski definition) is 2. The normalized spacial score (nSPS) is 29.5. The highest BCUT2D eigenvalue weighted by atomic mass is 19.1. The number of alkyl halides is 1. The largest absolute Gasteiger partial charge is 0.393 e. The van der Waals surface area contributed by atoms with Crippen LogP contribution in [0.1, 0.15) is 12.6 Å². The second-order valence-electron chi connectivity index (χ2n) is 3.80. The third-order valence-electron chi connectivity index (χ3n) is 2.52. The molecular formula is C9H11FN2O4. The van der Waals surface area contributed by atoms with Crippen molar-refractivity contribution in [2.75, 3.05) is 13.2 Å². The minimum absolute atomic E-state index is 0.116. The first-order chi connectivity index (χ1) is 7.54. The number of aliphatic hydroxyl groups is 1. The van der Waals surface area contributed by atoms with E-state index in [0.717, 1.165) is 10.6 Å². The first kappa shape index (κ1) is 11.0. The number of ether oxygens (including phenoxy) is 1. The summed E-state index contributed by atoms with van der Waals surface area (Å²) in [4.78, 5) is 24.2. The van der Waals surface area contributed by atoms with Crippen molar-refractivity contribution >= 4 is 0 Å². The molecule has 7 heteroatoms. The number of aliphatic hydroxyl groups excluding tert-OH is 1. The monoisotopic (exact) mass is 230 g/mol. The van der Waals surface area contributed by atoms with Crippen molar-refractivity contribution in [2.24, 2.45) is 0 Å². The van der Waals surface area contributed by atoms with Crippen LogP contribution < -0.4 is 11.2 Å². The second kappa shape index (κ2) is 3.84. The van der Waals surface area contributed by atoms with Crippen LogP contribution in [0.5, 0.6) is 0 Å². The first-order valence-electron chi connectivity index (χ1n) is 4.77. The zero-order valence-electron chi connectivity index (χ0n) is 8.35. The predicted octanol–water partition coefficient (Wildman–Crippen LogP) is -0.844. The molecule has 0 aromatic carbocycles. The number of hydrogen-bond acceptors (Lipinski definition) is 4. The lowest BCUT2D eigenvalue weighted by Gasteiger charge is -2.14. The maximum absolute atomic E-state index is 13.6. The third kappa shape index (κ3) is 1.91. The van der Waals surface area contributed by atoms with Crippen molar-refractivity contribution in [3.8, 4) is 0 Å². The van der Waals surface area contributed by atoms with Gasteiger partial charge in [-0.2, -0.15) is 0 Å². The molecule has 6 nitrogen and oxygen atoms in total. The summed E-state index contributed by atoms with van der Waals surface area (Å²) < 4.78 is 19.8. The van der Waals surface area contributed by atoms with E-state index in [1.807, 2.05) is 4.98 Å². The number of aromatic nitrogens is 2. The van der Waals surface area contributed by atoms with Crippen LogP contribution in [0.15, 0.2) is 21.9 Å². The number of aromatic amines is 1. The Morgan fingerprint density at radius 3 is 3.00 bits per heavy atom. The molecule has 2 rings (SSSR count). The smallest absolute Gasteiger partial charge is 0.330 e. The molecule has 88 valence electrons. The number of H-pyrrole nitrogens is 1. The summed E-state index contributed by atoms with van der Waals surface area (Å²) in [5.74, 6) is 0. The Labute approximate surface area is 89.3 Å². The van der Waals surface area contributed by atoms with Crippen LogP contribution in [0.2, 0.25) is 0 Å². The van der Waals surface area contributed by atoms with Gasteiger partial charge < -0.3 is 9.84 Å². The molecule has 1 fully saturated rings. The molecule has 0 amide bonds. The van der Waals surface area contributed by atoms with Gasteiger partial charge in [0.2, 0.25) is 0 Å². The van der Waals surface area contributed by atoms with Gasteiger partial charge in [0, 0.05) is 18.7 Å². The van der Waals surface area contributed by atoms with E-state index >= 15 is 0 Å². The summed E-state index contributed by atoms with van der Waals surface area (Å²) in [7, 11) is 0. The van der Waals surface area contributed by atoms with E-state index in [-0.39, 0.29) is 13.0 Å². The highest BCUT2D eigenvalue weighted by Gasteiger charge is 2.41. The molecule has 0 radical (unpaired) electrons. The van der Waals surface area contributed by atoms with Gasteiger partial charge in [0.1, 0.15) is 6.23 Å². The highest BCUT2D eigenvalue weighted by molar-refractivity contribution is 4.91. The van der Waals surface area contributed by atoms with E-state index in [4.69, 9.17) is 9.84 Å². The van der Waals surface area contributed by atoms with Gasteiger partial charge in [0.25, 0.3) is 5.56 Å². The van der Waals surface area contributed by atoms with Crippen LogP contribution in [-0.2, 0) is 4.74 Å². The summed E-state index contributed by atoms with van der Waals surface area (Å²) in [5, 5.41) is 8.80. The third-order valence-corrected chi connectivity index (χ3v) is 2.52. The molecule has 1 aliphatic heterocycles. The van der Waals surface area contributed by atoms with Crippen molar-refractivity contribution in [1.82, 2.24) is 9.55 Å². The molecule has 0 unspecified atom stereocenters. The van der Waals surface area contributed by atoms with Crippen molar-refractivity contribution < 1.29 is 14.2 Å². The molecule has 2 heterocycles. The van der Waals surface area contributed by atoms with Gasteiger partial charge in [-0.25, -0.2) is 9.18 Å². The summed E-state index contributed by atoms with van der Waals surface area (Å²) in [6, 6.07) is 1.15. The van der Waals surface area contributed by atoms with Gasteiger partial charge in [-0.15, -0.1) is 0 Å². The average molecular weight is 230 g/mol. The van der Waals surface area contributed by atoms with Crippen LogP contribution in [0.25, 0.3) is 0 Å². The first-order valence-corrected chi connectivity index (χ1v) is 4.77. The van der Waals surface area contributed by atoms with Crippen molar-refractivity contribution in [2.45, 2.75) is 18.3 Å². The molecule has 2 atom stereocenters. The minimum atomic E-state index is -1.82. The Kier molecular flexibility index (Phi) is 2.64. The van der Waals surface area contributed by atoms with Crippen molar-refractivity contribution in [1.29, 1.82) is 0 Å². The molecule has 1 aliphatic rings. The van der Waals surface area contributed by atoms with Crippen LogP contribution in [0.4, 0.5) is 4.39 Å². The number of halogens is 1. The fraction of sp³-hybridized carbons (Fsp3) is 0.556. The van der Waals surface area contributed by atoms with Crippen LogP contribution in [0.3, 0.4) is 0 Å². The topological polar surface area (TPSA) is 84.3 Å². The fourth-order valence-electron chi connectivity index (χ4n) is 1.62. The standard InChI is InChI=1S/C9H11FN2O4/c10-9(4-13)3-7(16-5-9)12-2-1-6(14)11-8(12)15/h1-2,7,13H,3-5H2,(H,11,14,15)/t7-,9-/m0/s1. The maximum atomic E-state index is 13.6. The number of rotatable bonds is 2. The molecule has 16 heavy (non-hydrogen) atoms. The molecule has 0 saturated carbocycles. The summed E-state index contributed by atoms with van der Waals surface area (Å²) in [6.07, 6.45) is 0.339. The van der Waals surface area contributed by atoms with Gasteiger partial charge >= 0.3 is 5.69 Å². The Balaban J connectivity index is 2.27. The molecule has 2 N–H and O–H groups in total. The fourth-order valence-corrected chi connectivity index (χ4v) is 1.62. The van der Waals surface area contributed by atoms with E-state index in [2.05, 4.69) is 0 Å². The van der Waals surface area contributed by atoms with E-state index in [9.17, 15) is 14.0 Å². The van der Waals surface area contributed by atoms with Crippen LogP contribution in [-0.4, -0.2) is 33.5 Å². The average Bonchev–Trinajstić information content (AvgIpc) is 2.62. The highest BCUT2D eigenvalue weighted by Crippen LogP contribution is 2.32. The lowest BCUT2D eigenvalue weighted by atomic mass is 10.1. The molecule has 1 aromatic rings. The Hall–Kier alpha value is -1.47.